The first-order valence-electron chi connectivity index (χ1n) is 7.83. The number of hydrogen-bond acceptors (Lipinski definition) is 3. The van der Waals surface area contributed by atoms with E-state index in [9.17, 15) is 0 Å². The van der Waals surface area contributed by atoms with Gasteiger partial charge < -0.3 is 4.74 Å². The minimum Gasteiger partial charge on any atom is -0.377 e. The van der Waals surface area contributed by atoms with Gasteiger partial charge in [0.05, 0.1) is 6.10 Å². The molecule has 1 aliphatic heterocycles. The minimum absolute atomic E-state index is 0.419. The third kappa shape index (κ3) is 3.68. The molecule has 3 heteroatoms. The van der Waals surface area contributed by atoms with Crippen molar-refractivity contribution in [3.05, 3.63) is 42.2 Å². The molecule has 1 aromatic rings. The first-order chi connectivity index (χ1) is 9.92. The fraction of sp³-hybridized carbons (Fsp3) is 0.588. The number of rotatable bonds is 5. The van der Waals surface area contributed by atoms with Gasteiger partial charge >= 0.3 is 0 Å². The molecule has 1 fully saturated rings. The fourth-order valence-corrected chi connectivity index (χ4v) is 3.19. The molecule has 0 spiro atoms. The summed E-state index contributed by atoms with van der Waals surface area (Å²) < 4.78 is 5.83. The van der Waals surface area contributed by atoms with Crippen LogP contribution in [0, 0.1) is 0 Å². The Labute approximate surface area is 121 Å². The van der Waals surface area contributed by atoms with Gasteiger partial charge in [-0.2, -0.15) is 0 Å². The largest absolute Gasteiger partial charge is 0.377 e. The molecule has 3 nitrogen and oxygen atoms in total. The summed E-state index contributed by atoms with van der Waals surface area (Å²) in [4.78, 5) is 6.81. The summed E-state index contributed by atoms with van der Waals surface area (Å²) in [5.41, 5.74) is 1.30. The van der Waals surface area contributed by atoms with Crippen LogP contribution in [-0.2, 0) is 11.3 Å². The Hall–Kier alpha value is -1.19. The summed E-state index contributed by atoms with van der Waals surface area (Å²) in [5.74, 6) is 0. The van der Waals surface area contributed by atoms with Gasteiger partial charge in [-0.1, -0.05) is 18.2 Å². The molecule has 0 amide bonds. The second-order valence-electron chi connectivity index (χ2n) is 5.85. The maximum absolute atomic E-state index is 5.83. The molecule has 0 unspecified atom stereocenters. The summed E-state index contributed by atoms with van der Waals surface area (Å²) in [7, 11) is 0. The van der Waals surface area contributed by atoms with Crippen molar-refractivity contribution in [2.75, 3.05) is 13.2 Å². The monoisotopic (exact) mass is 272 g/mol. The molecule has 0 saturated carbocycles. The summed E-state index contributed by atoms with van der Waals surface area (Å²) in [6.45, 7) is 2.96. The molecule has 2 aliphatic rings. The van der Waals surface area contributed by atoms with Crippen LogP contribution < -0.4 is 0 Å². The van der Waals surface area contributed by atoms with Crippen molar-refractivity contribution >= 4 is 0 Å². The smallest absolute Gasteiger partial charge is 0.0703 e. The number of pyridine rings is 1. The second-order valence-corrected chi connectivity index (χ2v) is 5.85. The lowest BCUT2D eigenvalue weighted by molar-refractivity contribution is 0.0586. The van der Waals surface area contributed by atoms with E-state index in [0.717, 1.165) is 19.7 Å². The highest BCUT2D eigenvalue weighted by molar-refractivity contribution is 5.10. The summed E-state index contributed by atoms with van der Waals surface area (Å²) in [6.07, 6.45) is 15.2. The lowest BCUT2D eigenvalue weighted by atomic mass is 10.00. The molecule has 2 heterocycles. The van der Waals surface area contributed by atoms with Crippen molar-refractivity contribution < 1.29 is 4.74 Å². The van der Waals surface area contributed by atoms with Crippen LogP contribution in [0.15, 0.2) is 36.7 Å². The second kappa shape index (κ2) is 7.00. The van der Waals surface area contributed by atoms with Gasteiger partial charge in [0.25, 0.3) is 0 Å². The molecule has 1 saturated heterocycles. The highest BCUT2D eigenvalue weighted by Crippen LogP contribution is 2.22. The quantitative estimate of drug-likeness (QED) is 0.770. The van der Waals surface area contributed by atoms with Gasteiger partial charge in [0.15, 0.2) is 0 Å². The number of ether oxygens (including phenoxy) is 1. The van der Waals surface area contributed by atoms with E-state index in [4.69, 9.17) is 4.74 Å². The number of aromatic nitrogens is 1. The van der Waals surface area contributed by atoms with Gasteiger partial charge in [0.1, 0.15) is 0 Å². The van der Waals surface area contributed by atoms with Crippen molar-refractivity contribution in [2.45, 2.75) is 50.8 Å². The van der Waals surface area contributed by atoms with E-state index >= 15 is 0 Å². The highest BCUT2D eigenvalue weighted by Gasteiger charge is 2.24. The SMILES string of the molecule is C1=C[C@@H](N(Cc2cccnc2)C[C@H]2CCCO2)CCC1. The van der Waals surface area contributed by atoms with E-state index in [1.807, 2.05) is 18.5 Å². The standard InChI is InChI=1S/C17H24N2O/c1-2-7-16(8-3-1)19(14-17-9-5-11-20-17)13-15-6-4-10-18-12-15/h2,4,6-7,10,12,16-17H,1,3,5,8-9,11,13-14H2/t16-,17-/m1/s1. The van der Waals surface area contributed by atoms with Crippen molar-refractivity contribution in [1.29, 1.82) is 0 Å². The Morgan fingerprint density at radius 3 is 3.00 bits per heavy atom. The lowest BCUT2D eigenvalue weighted by Gasteiger charge is -2.33. The van der Waals surface area contributed by atoms with Gasteiger partial charge in [-0.25, -0.2) is 0 Å². The first-order valence-corrected chi connectivity index (χ1v) is 7.83. The Bertz CT molecular complexity index is 426. The van der Waals surface area contributed by atoms with Gasteiger partial charge in [0, 0.05) is 38.1 Å². The van der Waals surface area contributed by atoms with Crippen molar-refractivity contribution in [1.82, 2.24) is 9.88 Å². The molecule has 20 heavy (non-hydrogen) atoms. The number of allylic oxidation sites excluding steroid dienone is 1. The van der Waals surface area contributed by atoms with Crippen LogP contribution in [0.5, 0.6) is 0 Å². The predicted molar refractivity (Wildman–Crippen MR) is 80.4 cm³/mol. The molecule has 3 rings (SSSR count). The van der Waals surface area contributed by atoms with E-state index in [-0.39, 0.29) is 0 Å². The Morgan fingerprint density at radius 2 is 2.30 bits per heavy atom. The molecule has 0 aromatic carbocycles. The Morgan fingerprint density at radius 1 is 1.30 bits per heavy atom. The average Bonchev–Trinajstić information content (AvgIpc) is 3.02. The summed E-state index contributed by atoms with van der Waals surface area (Å²) in [5, 5.41) is 0. The molecule has 0 radical (unpaired) electrons. The van der Waals surface area contributed by atoms with Crippen LogP contribution in [0.3, 0.4) is 0 Å². The van der Waals surface area contributed by atoms with Gasteiger partial charge in [-0.3, -0.25) is 9.88 Å². The van der Waals surface area contributed by atoms with Gasteiger partial charge in [-0.05, 0) is 43.7 Å². The molecule has 2 atom stereocenters. The maximum atomic E-state index is 5.83. The molecule has 0 bridgehead atoms. The van der Waals surface area contributed by atoms with Crippen molar-refractivity contribution in [2.24, 2.45) is 0 Å². The zero-order chi connectivity index (χ0) is 13.6. The fourth-order valence-electron chi connectivity index (χ4n) is 3.19. The van der Waals surface area contributed by atoms with Crippen LogP contribution in [-0.4, -0.2) is 35.2 Å². The molecular formula is C17H24N2O. The zero-order valence-electron chi connectivity index (χ0n) is 12.1. The summed E-state index contributed by atoms with van der Waals surface area (Å²) >= 11 is 0. The predicted octanol–water partition coefficient (Wildman–Crippen LogP) is 3.17. The Balaban J connectivity index is 1.68. The van der Waals surface area contributed by atoms with Crippen LogP contribution in [0.25, 0.3) is 0 Å². The minimum atomic E-state index is 0.419. The number of hydrogen-bond donors (Lipinski definition) is 0. The maximum Gasteiger partial charge on any atom is 0.0703 e. The molecule has 0 N–H and O–H groups in total. The van der Waals surface area contributed by atoms with Crippen molar-refractivity contribution in [3.63, 3.8) is 0 Å². The van der Waals surface area contributed by atoms with Crippen molar-refractivity contribution in [3.8, 4) is 0 Å². The van der Waals surface area contributed by atoms with Crippen LogP contribution >= 0.6 is 0 Å². The van der Waals surface area contributed by atoms with E-state index in [1.165, 1.54) is 37.7 Å². The Kier molecular flexibility index (Phi) is 4.82. The van der Waals surface area contributed by atoms with E-state index in [2.05, 4.69) is 28.1 Å². The van der Waals surface area contributed by atoms with Gasteiger partial charge in [0.2, 0.25) is 0 Å². The molecular weight excluding hydrogens is 248 g/mol. The summed E-state index contributed by atoms with van der Waals surface area (Å²) in [6, 6.07) is 4.76. The zero-order valence-corrected chi connectivity index (χ0v) is 12.1. The molecule has 1 aromatic heterocycles. The van der Waals surface area contributed by atoms with E-state index in [0.29, 0.717) is 12.1 Å². The molecule has 1 aliphatic carbocycles. The third-order valence-corrected chi connectivity index (χ3v) is 4.27. The highest BCUT2D eigenvalue weighted by atomic mass is 16.5. The average molecular weight is 272 g/mol. The van der Waals surface area contributed by atoms with Crippen LogP contribution in [0.1, 0.15) is 37.7 Å². The third-order valence-electron chi connectivity index (χ3n) is 4.27. The topological polar surface area (TPSA) is 25.4 Å². The first kappa shape index (κ1) is 13.8. The molecule has 108 valence electrons. The van der Waals surface area contributed by atoms with Crippen LogP contribution in [0.4, 0.5) is 0 Å². The van der Waals surface area contributed by atoms with E-state index < -0.39 is 0 Å². The normalized spacial score (nSPS) is 26.2. The number of nitrogens with zero attached hydrogens (tertiary/aromatic N) is 2. The lowest BCUT2D eigenvalue weighted by Crippen LogP contribution is -2.39. The van der Waals surface area contributed by atoms with Gasteiger partial charge in [-0.15, -0.1) is 0 Å². The van der Waals surface area contributed by atoms with E-state index in [1.54, 1.807) is 0 Å². The van der Waals surface area contributed by atoms with Crippen LogP contribution in [0.2, 0.25) is 0 Å².